The van der Waals surface area contributed by atoms with Crippen molar-refractivity contribution in [1.29, 1.82) is 0 Å². The summed E-state index contributed by atoms with van der Waals surface area (Å²) in [6, 6.07) is 0.00101. The van der Waals surface area contributed by atoms with Gasteiger partial charge in [0.25, 0.3) is 0 Å². The van der Waals surface area contributed by atoms with Crippen molar-refractivity contribution in [2.75, 3.05) is 11.6 Å². The first-order chi connectivity index (χ1) is 8.07. The van der Waals surface area contributed by atoms with Gasteiger partial charge in [0, 0.05) is 11.9 Å². The molecule has 0 amide bonds. The number of hydrogen-bond acceptors (Lipinski definition) is 2. The highest BCUT2D eigenvalue weighted by atomic mass is 35.5. The lowest BCUT2D eigenvalue weighted by atomic mass is 9.91. The molecule has 1 aliphatic carbocycles. The number of sulfonamides is 1. The van der Waals surface area contributed by atoms with Crippen molar-refractivity contribution in [1.82, 2.24) is 4.72 Å². The summed E-state index contributed by atoms with van der Waals surface area (Å²) in [7, 11) is -3.12. The van der Waals surface area contributed by atoms with Crippen molar-refractivity contribution in [3.8, 4) is 0 Å². The largest absolute Gasteiger partial charge is 0.212 e. The molecule has 0 radical (unpaired) electrons. The summed E-state index contributed by atoms with van der Waals surface area (Å²) in [4.78, 5) is 0. The van der Waals surface area contributed by atoms with Crippen LogP contribution >= 0.6 is 11.6 Å². The molecule has 1 unspecified atom stereocenters. The quantitative estimate of drug-likeness (QED) is 0.730. The molecule has 102 valence electrons. The van der Waals surface area contributed by atoms with Gasteiger partial charge in [0.05, 0.1) is 5.75 Å². The third-order valence-electron chi connectivity index (χ3n) is 3.48. The Kier molecular flexibility index (Phi) is 6.82. The summed E-state index contributed by atoms with van der Waals surface area (Å²) < 4.78 is 26.8. The second-order valence-electron chi connectivity index (χ2n) is 4.99. The molecule has 0 aromatic rings. The smallest absolute Gasteiger partial charge is 0.212 e. The van der Waals surface area contributed by atoms with Gasteiger partial charge in [0.1, 0.15) is 0 Å². The van der Waals surface area contributed by atoms with Crippen LogP contribution in [0, 0.1) is 5.92 Å². The summed E-state index contributed by atoms with van der Waals surface area (Å²) in [6.07, 6.45) is 7.25. The van der Waals surface area contributed by atoms with E-state index in [0.717, 1.165) is 19.3 Å². The maximum absolute atomic E-state index is 12.0. The van der Waals surface area contributed by atoms with Crippen LogP contribution in [0.25, 0.3) is 0 Å². The normalized spacial score (nSPS) is 20.4. The Labute approximate surface area is 110 Å². The van der Waals surface area contributed by atoms with Crippen molar-refractivity contribution < 1.29 is 8.42 Å². The van der Waals surface area contributed by atoms with Gasteiger partial charge in [-0.3, -0.25) is 0 Å². The highest BCUT2D eigenvalue weighted by Crippen LogP contribution is 2.24. The molecule has 0 heterocycles. The minimum atomic E-state index is -3.12. The fourth-order valence-electron chi connectivity index (χ4n) is 2.44. The van der Waals surface area contributed by atoms with E-state index in [4.69, 9.17) is 11.6 Å². The zero-order chi connectivity index (χ0) is 12.7. The summed E-state index contributed by atoms with van der Waals surface area (Å²) in [5, 5.41) is 0. The van der Waals surface area contributed by atoms with Crippen LogP contribution < -0.4 is 4.72 Å². The second kappa shape index (κ2) is 7.59. The Morgan fingerprint density at radius 1 is 1.29 bits per heavy atom. The zero-order valence-corrected chi connectivity index (χ0v) is 12.2. The lowest BCUT2D eigenvalue weighted by Crippen LogP contribution is -2.38. The van der Waals surface area contributed by atoms with Gasteiger partial charge in [-0.15, -0.1) is 11.6 Å². The fraction of sp³-hybridized carbons (Fsp3) is 1.00. The van der Waals surface area contributed by atoms with Gasteiger partial charge >= 0.3 is 0 Å². The molecule has 0 spiro atoms. The average molecular weight is 282 g/mol. The fourth-order valence-corrected chi connectivity index (χ4v) is 4.55. The maximum Gasteiger partial charge on any atom is 0.212 e. The standard InChI is InChI=1S/C12H24ClNO2S/c1-2-12(8-9-13)14-17(15,16)10-11-6-4-3-5-7-11/h11-12,14H,2-10H2,1H3. The van der Waals surface area contributed by atoms with E-state index < -0.39 is 10.0 Å². The Balaban J connectivity index is 2.43. The summed E-state index contributed by atoms with van der Waals surface area (Å²) in [5.41, 5.74) is 0. The Hall–Kier alpha value is 0.200. The van der Waals surface area contributed by atoms with Crippen molar-refractivity contribution in [2.24, 2.45) is 5.92 Å². The monoisotopic (exact) mass is 281 g/mol. The zero-order valence-electron chi connectivity index (χ0n) is 10.6. The van der Waals surface area contributed by atoms with Crippen molar-refractivity contribution in [3.05, 3.63) is 0 Å². The molecule has 1 fully saturated rings. The molecular formula is C12H24ClNO2S. The van der Waals surface area contributed by atoms with Crippen molar-refractivity contribution in [2.45, 2.75) is 57.9 Å². The Morgan fingerprint density at radius 2 is 1.94 bits per heavy atom. The van der Waals surface area contributed by atoms with E-state index in [9.17, 15) is 8.42 Å². The van der Waals surface area contributed by atoms with Gasteiger partial charge in [0.2, 0.25) is 10.0 Å². The molecule has 0 aromatic carbocycles. The molecule has 0 saturated heterocycles. The molecule has 0 aliphatic heterocycles. The summed E-state index contributed by atoms with van der Waals surface area (Å²) in [6.45, 7) is 1.99. The van der Waals surface area contributed by atoms with E-state index in [1.165, 1.54) is 19.3 Å². The van der Waals surface area contributed by atoms with Crippen molar-refractivity contribution >= 4 is 21.6 Å². The molecule has 1 atom stereocenters. The molecule has 1 N–H and O–H groups in total. The molecular weight excluding hydrogens is 258 g/mol. The van der Waals surface area contributed by atoms with Crippen LogP contribution in [0.5, 0.6) is 0 Å². The number of rotatable bonds is 7. The maximum atomic E-state index is 12.0. The highest BCUT2D eigenvalue weighted by molar-refractivity contribution is 7.89. The van der Waals surface area contributed by atoms with E-state index in [1.807, 2.05) is 6.92 Å². The molecule has 1 rings (SSSR count). The molecule has 17 heavy (non-hydrogen) atoms. The molecule has 5 heteroatoms. The third kappa shape index (κ3) is 6.07. The van der Waals surface area contributed by atoms with E-state index in [0.29, 0.717) is 24.0 Å². The van der Waals surface area contributed by atoms with Crippen LogP contribution in [0.15, 0.2) is 0 Å². The van der Waals surface area contributed by atoms with Crippen LogP contribution in [0.1, 0.15) is 51.9 Å². The van der Waals surface area contributed by atoms with Crippen LogP contribution in [-0.4, -0.2) is 26.1 Å². The van der Waals surface area contributed by atoms with Crippen LogP contribution in [0.3, 0.4) is 0 Å². The molecule has 3 nitrogen and oxygen atoms in total. The lowest BCUT2D eigenvalue weighted by molar-refractivity contribution is 0.382. The predicted molar refractivity (Wildman–Crippen MR) is 72.9 cm³/mol. The Morgan fingerprint density at radius 3 is 2.47 bits per heavy atom. The Bertz CT molecular complexity index is 287. The van der Waals surface area contributed by atoms with Gasteiger partial charge in [-0.2, -0.15) is 0 Å². The third-order valence-corrected chi connectivity index (χ3v) is 5.30. The minimum Gasteiger partial charge on any atom is -0.212 e. The number of nitrogens with one attached hydrogen (secondary N) is 1. The number of hydrogen-bond donors (Lipinski definition) is 1. The first-order valence-corrected chi connectivity index (χ1v) is 8.82. The van der Waals surface area contributed by atoms with Crippen LogP contribution in [0.2, 0.25) is 0 Å². The van der Waals surface area contributed by atoms with E-state index >= 15 is 0 Å². The van der Waals surface area contributed by atoms with Crippen LogP contribution in [0.4, 0.5) is 0 Å². The van der Waals surface area contributed by atoms with Gasteiger partial charge in [-0.25, -0.2) is 13.1 Å². The van der Waals surface area contributed by atoms with Gasteiger partial charge < -0.3 is 0 Å². The second-order valence-corrected chi connectivity index (χ2v) is 7.16. The first-order valence-electron chi connectivity index (χ1n) is 6.63. The number of halogens is 1. The molecule has 0 bridgehead atoms. The van der Waals surface area contributed by atoms with E-state index in [-0.39, 0.29) is 6.04 Å². The van der Waals surface area contributed by atoms with Gasteiger partial charge in [-0.1, -0.05) is 26.2 Å². The predicted octanol–water partition coefficient (Wildman–Crippen LogP) is 2.89. The van der Waals surface area contributed by atoms with Crippen LogP contribution in [-0.2, 0) is 10.0 Å². The SMILES string of the molecule is CCC(CCCl)NS(=O)(=O)CC1CCCCC1. The molecule has 1 saturated carbocycles. The van der Waals surface area contributed by atoms with Gasteiger partial charge in [-0.05, 0) is 31.6 Å². The summed E-state index contributed by atoms with van der Waals surface area (Å²) in [5.74, 6) is 1.16. The topological polar surface area (TPSA) is 46.2 Å². The lowest BCUT2D eigenvalue weighted by Gasteiger charge is -2.23. The van der Waals surface area contributed by atoms with E-state index in [2.05, 4.69) is 4.72 Å². The van der Waals surface area contributed by atoms with Crippen molar-refractivity contribution in [3.63, 3.8) is 0 Å². The summed E-state index contributed by atoms with van der Waals surface area (Å²) >= 11 is 5.66. The minimum absolute atomic E-state index is 0.00101. The molecule has 0 aromatic heterocycles. The number of alkyl halides is 1. The highest BCUT2D eigenvalue weighted by Gasteiger charge is 2.23. The first kappa shape index (κ1) is 15.3. The molecule has 1 aliphatic rings. The van der Waals surface area contributed by atoms with Gasteiger partial charge in [0.15, 0.2) is 0 Å². The average Bonchev–Trinajstić information content (AvgIpc) is 2.29. The van der Waals surface area contributed by atoms with E-state index in [1.54, 1.807) is 0 Å².